The number of benzene rings is 1. The average Bonchev–Trinajstić information content (AvgIpc) is 3.03. The monoisotopic (exact) mass is 303 g/mol. The second kappa shape index (κ2) is 7.26. The van der Waals surface area contributed by atoms with Crippen molar-refractivity contribution in [1.82, 2.24) is 10.3 Å². The zero-order valence-electron chi connectivity index (χ0n) is 12.4. The number of oxazole rings is 1. The molecule has 0 radical (unpaired) electrons. The summed E-state index contributed by atoms with van der Waals surface area (Å²) in [6.45, 7) is 2.08. The van der Waals surface area contributed by atoms with Crippen molar-refractivity contribution in [2.75, 3.05) is 19.0 Å². The number of amides is 2. The van der Waals surface area contributed by atoms with E-state index in [-0.39, 0.29) is 18.9 Å². The molecule has 0 unspecified atom stereocenters. The summed E-state index contributed by atoms with van der Waals surface area (Å²) in [6.07, 6.45) is 3.17. The number of esters is 1. The third-order valence-corrected chi connectivity index (χ3v) is 3.01. The summed E-state index contributed by atoms with van der Waals surface area (Å²) in [4.78, 5) is 26.9. The summed E-state index contributed by atoms with van der Waals surface area (Å²) in [5, 5.41) is 5.32. The van der Waals surface area contributed by atoms with Crippen molar-refractivity contribution in [2.24, 2.45) is 0 Å². The quantitative estimate of drug-likeness (QED) is 0.827. The summed E-state index contributed by atoms with van der Waals surface area (Å²) in [5.41, 5.74) is 2.31. The van der Waals surface area contributed by atoms with Crippen molar-refractivity contribution >= 4 is 17.7 Å². The highest BCUT2D eigenvalue weighted by atomic mass is 16.5. The number of anilines is 1. The number of carbonyl (C=O) groups excluding carboxylic acids is 2. The fourth-order valence-electron chi connectivity index (χ4n) is 1.80. The van der Waals surface area contributed by atoms with Gasteiger partial charge >= 0.3 is 12.0 Å². The van der Waals surface area contributed by atoms with Crippen LogP contribution in [0.15, 0.2) is 35.1 Å². The molecule has 0 spiro atoms. The molecular weight excluding hydrogens is 286 g/mol. The van der Waals surface area contributed by atoms with Gasteiger partial charge in [-0.2, -0.15) is 0 Å². The number of nitrogens with one attached hydrogen (secondary N) is 2. The fourth-order valence-corrected chi connectivity index (χ4v) is 1.80. The summed E-state index contributed by atoms with van der Waals surface area (Å²) in [5.74, 6) is 0.108. The molecule has 2 N–H and O–H groups in total. The first-order chi connectivity index (χ1) is 10.6. The molecule has 116 valence electrons. The van der Waals surface area contributed by atoms with E-state index in [2.05, 4.69) is 20.4 Å². The van der Waals surface area contributed by atoms with E-state index in [1.807, 2.05) is 19.1 Å². The van der Waals surface area contributed by atoms with Gasteiger partial charge in [-0.3, -0.25) is 4.79 Å². The second-order valence-corrected chi connectivity index (χ2v) is 4.57. The van der Waals surface area contributed by atoms with Crippen molar-refractivity contribution < 1.29 is 18.7 Å². The van der Waals surface area contributed by atoms with E-state index in [0.717, 1.165) is 11.1 Å². The Labute approximate surface area is 127 Å². The van der Waals surface area contributed by atoms with E-state index in [1.165, 1.54) is 13.4 Å². The van der Waals surface area contributed by atoms with Gasteiger partial charge in [-0.1, -0.05) is 6.07 Å². The molecule has 1 heterocycles. The van der Waals surface area contributed by atoms with Gasteiger partial charge in [0.25, 0.3) is 0 Å². The number of urea groups is 1. The smallest absolute Gasteiger partial charge is 0.319 e. The number of hydrogen-bond acceptors (Lipinski definition) is 5. The van der Waals surface area contributed by atoms with Gasteiger partial charge in [-0.05, 0) is 24.6 Å². The van der Waals surface area contributed by atoms with Crippen LogP contribution in [0.3, 0.4) is 0 Å². The summed E-state index contributed by atoms with van der Waals surface area (Å²) in [6, 6.07) is 5.11. The SMILES string of the molecule is COC(=O)CCNC(=O)Nc1cc(-c2ncco2)ccc1C. The molecule has 1 aromatic carbocycles. The minimum atomic E-state index is -0.392. The summed E-state index contributed by atoms with van der Waals surface area (Å²) < 4.78 is 9.73. The van der Waals surface area contributed by atoms with Gasteiger partial charge in [0.1, 0.15) is 6.26 Å². The molecule has 1 aromatic heterocycles. The van der Waals surface area contributed by atoms with Crippen molar-refractivity contribution in [3.63, 3.8) is 0 Å². The number of methoxy groups -OCH3 is 1. The third kappa shape index (κ3) is 4.08. The van der Waals surface area contributed by atoms with Gasteiger partial charge in [0, 0.05) is 17.8 Å². The Balaban J connectivity index is 1.98. The van der Waals surface area contributed by atoms with E-state index < -0.39 is 6.03 Å². The average molecular weight is 303 g/mol. The molecule has 2 amide bonds. The highest BCUT2D eigenvalue weighted by Crippen LogP contribution is 2.24. The van der Waals surface area contributed by atoms with Crippen molar-refractivity contribution in [1.29, 1.82) is 0 Å². The van der Waals surface area contributed by atoms with E-state index in [4.69, 9.17) is 4.42 Å². The van der Waals surface area contributed by atoms with Crippen LogP contribution in [0.5, 0.6) is 0 Å². The fraction of sp³-hybridized carbons (Fsp3) is 0.267. The zero-order valence-corrected chi connectivity index (χ0v) is 12.4. The maximum absolute atomic E-state index is 11.8. The Morgan fingerprint density at radius 3 is 2.86 bits per heavy atom. The van der Waals surface area contributed by atoms with E-state index >= 15 is 0 Å². The molecular formula is C15H17N3O4. The van der Waals surface area contributed by atoms with Gasteiger partial charge < -0.3 is 19.8 Å². The number of ether oxygens (including phenoxy) is 1. The molecule has 0 aliphatic heterocycles. The molecule has 7 heteroatoms. The van der Waals surface area contributed by atoms with Gasteiger partial charge in [-0.25, -0.2) is 9.78 Å². The van der Waals surface area contributed by atoms with Crippen LogP contribution in [-0.2, 0) is 9.53 Å². The molecule has 0 aliphatic rings. The highest BCUT2D eigenvalue weighted by Gasteiger charge is 2.09. The van der Waals surface area contributed by atoms with Crippen molar-refractivity contribution in [3.05, 3.63) is 36.2 Å². The maximum atomic E-state index is 11.8. The highest BCUT2D eigenvalue weighted by molar-refractivity contribution is 5.91. The standard InChI is InChI=1S/C15H17N3O4/c1-10-3-4-11(14-16-7-8-22-14)9-12(10)18-15(20)17-6-5-13(19)21-2/h3-4,7-9H,5-6H2,1-2H3,(H2,17,18,20). The molecule has 22 heavy (non-hydrogen) atoms. The molecule has 0 bridgehead atoms. The number of aromatic nitrogens is 1. The largest absolute Gasteiger partial charge is 0.469 e. The number of rotatable bonds is 5. The molecule has 0 fully saturated rings. The molecule has 7 nitrogen and oxygen atoms in total. The Kier molecular flexibility index (Phi) is 5.13. The first-order valence-electron chi connectivity index (χ1n) is 6.72. The molecule has 0 atom stereocenters. The van der Waals surface area contributed by atoms with E-state index in [0.29, 0.717) is 11.6 Å². The van der Waals surface area contributed by atoms with Crippen molar-refractivity contribution in [2.45, 2.75) is 13.3 Å². The lowest BCUT2D eigenvalue weighted by Gasteiger charge is -2.10. The predicted octanol–water partition coefficient (Wildman–Crippen LogP) is 2.33. The lowest BCUT2D eigenvalue weighted by atomic mass is 10.1. The maximum Gasteiger partial charge on any atom is 0.319 e. The Bertz CT molecular complexity index is 653. The number of aryl methyl sites for hydroxylation is 1. The minimum absolute atomic E-state index is 0.124. The minimum Gasteiger partial charge on any atom is -0.469 e. The van der Waals surface area contributed by atoms with Crippen LogP contribution in [0.2, 0.25) is 0 Å². The van der Waals surface area contributed by atoms with Crippen LogP contribution in [0, 0.1) is 6.92 Å². The van der Waals surface area contributed by atoms with Gasteiger partial charge in [0.05, 0.1) is 19.7 Å². The molecule has 2 rings (SSSR count). The topological polar surface area (TPSA) is 93.5 Å². The van der Waals surface area contributed by atoms with E-state index in [1.54, 1.807) is 12.3 Å². The Morgan fingerprint density at radius 2 is 2.18 bits per heavy atom. The van der Waals surface area contributed by atoms with Gasteiger partial charge in [0.2, 0.25) is 5.89 Å². The normalized spacial score (nSPS) is 10.1. The summed E-state index contributed by atoms with van der Waals surface area (Å²) in [7, 11) is 1.31. The molecule has 0 saturated carbocycles. The van der Waals surface area contributed by atoms with E-state index in [9.17, 15) is 9.59 Å². The first-order valence-corrected chi connectivity index (χ1v) is 6.72. The number of carbonyl (C=O) groups is 2. The Hall–Kier alpha value is -2.83. The van der Waals surface area contributed by atoms with Gasteiger partial charge in [-0.15, -0.1) is 0 Å². The van der Waals surface area contributed by atoms with Gasteiger partial charge in [0.15, 0.2) is 0 Å². The van der Waals surface area contributed by atoms with Crippen LogP contribution in [0.1, 0.15) is 12.0 Å². The number of hydrogen-bond donors (Lipinski definition) is 2. The first kappa shape index (κ1) is 15.6. The predicted molar refractivity (Wildman–Crippen MR) is 80.3 cm³/mol. The van der Waals surface area contributed by atoms with Crippen LogP contribution < -0.4 is 10.6 Å². The van der Waals surface area contributed by atoms with Crippen molar-refractivity contribution in [3.8, 4) is 11.5 Å². The molecule has 0 aliphatic carbocycles. The Morgan fingerprint density at radius 1 is 1.36 bits per heavy atom. The lowest BCUT2D eigenvalue weighted by molar-refractivity contribution is -0.140. The summed E-state index contributed by atoms with van der Waals surface area (Å²) >= 11 is 0. The van der Waals surface area contributed by atoms with Crippen LogP contribution in [0.4, 0.5) is 10.5 Å². The number of nitrogens with zero attached hydrogens (tertiary/aromatic N) is 1. The van der Waals surface area contributed by atoms with Crippen LogP contribution >= 0.6 is 0 Å². The third-order valence-electron chi connectivity index (χ3n) is 3.01. The zero-order chi connectivity index (χ0) is 15.9. The second-order valence-electron chi connectivity index (χ2n) is 4.57. The molecule has 0 saturated heterocycles. The van der Waals surface area contributed by atoms with Crippen LogP contribution in [-0.4, -0.2) is 30.6 Å². The molecule has 2 aromatic rings. The lowest BCUT2D eigenvalue weighted by Crippen LogP contribution is -2.31. The van der Waals surface area contributed by atoms with Crippen LogP contribution in [0.25, 0.3) is 11.5 Å².